The van der Waals surface area contributed by atoms with Crippen LogP contribution in [0.4, 0.5) is 0 Å². The Morgan fingerprint density at radius 1 is 1.18 bits per heavy atom. The van der Waals surface area contributed by atoms with E-state index in [-0.39, 0.29) is 18.5 Å². The highest BCUT2D eigenvalue weighted by atomic mass is 16.5. The number of piperidine rings is 1. The first-order chi connectivity index (χ1) is 16.0. The van der Waals surface area contributed by atoms with E-state index in [2.05, 4.69) is 30.4 Å². The number of carbonyl (C=O) groups is 2. The summed E-state index contributed by atoms with van der Waals surface area (Å²) < 4.78 is 12.4. The summed E-state index contributed by atoms with van der Waals surface area (Å²) in [5.41, 5.74) is 0.644. The summed E-state index contributed by atoms with van der Waals surface area (Å²) in [5, 5.41) is 21.5. The van der Waals surface area contributed by atoms with Gasteiger partial charge >= 0.3 is 5.97 Å². The second-order valence-corrected chi connectivity index (χ2v) is 8.32. The standard InChI is InChI=1S/C20H24N8O5/c1-13-15(11-32-18(13)30)27-6-7-33-20(19(27)31)2-4-26(5-3-20)10-16(29)14-8-22-17(9-21-14)28-12-23-24-25-28/h8-9,12,16,29H,2-7,10-11H2,1H3. The molecule has 5 rings (SSSR count). The highest BCUT2D eigenvalue weighted by Crippen LogP contribution is 2.34. The molecule has 174 valence electrons. The number of hydrogen-bond acceptors (Lipinski definition) is 11. The van der Waals surface area contributed by atoms with Crippen molar-refractivity contribution in [3.05, 3.63) is 35.7 Å². The molecule has 0 saturated carbocycles. The van der Waals surface area contributed by atoms with Gasteiger partial charge in [0.25, 0.3) is 5.91 Å². The molecule has 1 atom stereocenters. The number of aromatic nitrogens is 6. The van der Waals surface area contributed by atoms with Crippen LogP contribution in [0, 0.1) is 0 Å². The molecule has 13 nitrogen and oxygen atoms in total. The van der Waals surface area contributed by atoms with Crippen molar-refractivity contribution in [2.75, 3.05) is 39.4 Å². The van der Waals surface area contributed by atoms with Crippen molar-refractivity contribution in [1.82, 2.24) is 40.0 Å². The number of aliphatic hydroxyl groups excluding tert-OH is 1. The summed E-state index contributed by atoms with van der Waals surface area (Å²) in [6.45, 7) is 4.15. The van der Waals surface area contributed by atoms with E-state index >= 15 is 0 Å². The molecule has 0 aromatic carbocycles. The molecule has 0 radical (unpaired) electrons. The highest BCUT2D eigenvalue weighted by Gasteiger charge is 2.49. The van der Waals surface area contributed by atoms with E-state index in [0.29, 0.717) is 68.4 Å². The van der Waals surface area contributed by atoms with Crippen LogP contribution in [0.25, 0.3) is 5.82 Å². The molecule has 5 heterocycles. The Bertz CT molecular complexity index is 1060. The summed E-state index contributed by atoms with van der Waals surface area (Å²) in [6.07, 6.45) is 4.58. The van der Waals surface area contributed by atoms with Gasteiger partial charge in [0.05, 0.1) is 36.0 Å². The van der Waals surface area contributed by atoms with Crippen molar-refractivity contribution >= 4 is 11.9 Å². The van der Waals surface area contributed by atoms with Crippen molar-refractivity contribution in [1.29, 1.82) is 0 Å². The number of morpholine rings is 1. The molecule has 1 amide bonds. The van der Waals surface area contributed by atoms with E-state index in [1.54, 1.807) is 11.8 Å². The fraction of sp³-hybridized carbons (Fsp3) is 0.550. The number of likely N-dealkylation sites (tertiary alicyclic amines) is 1. The van der Waals surface area contributed by atoms with E-state index in [0.717, 1.165) is 0 Å². The minimum Gasteiger partial charge on any atom is -0.456 e. The topological polar surface area (TPSA) is 149 Å². The Labute approximate surface area is 189 Å². The van der Waals surface area contributed by atoms with Gasteiger partial charge in [-0.3, -0.25) is 9.78 Å². The zero-order valence-corrected chi connectivity index (χ0v) is 18.1. The molecule has 2 aromatic rings. The van der Waals surface area contributed by atoms with Crippen molar-refractivity contribution in [2.24, 2.45) is 0 Å². The first kappa shape index (κ1) is 21.6. The maximum absolute atomic E-state index is 13.3. The maximum atomic E-state index is 13.3. The van der Waals surface area contributed by atoms with Crippen molar-refractivity contribution in [3.8, 4) is 5.82 Å². The lowest BCUT2D eigenvalue weighted by Gasteiger charge is -2.46. The lowest BCUT2D eigenvalue weighted by atomic mass is 9.88. The molecule has 13 heteroatoms. The second kappa shape index (κ2) is 8.57. The van der Waals surface area contributed by atoms with Crippen LogP contribution in [0.1, 0.15) is 31.6 Å². The first-order valence-electron chi connectivity index (χ1n) is 10.8. The highest BCUT2D eigenvalue weighted by molar-refractivity contribution is 5.94. The first-order valence-corrected chi connectivity index (χ1v) is 10.8. The number of carbonyl (C=O) groups excluding carboxylic acids is 2. The van der Waals surface area contributed by atoms with E-state index in [4.69, 9.17) is 9.47 Å². The van der Waals surface area contributed by atoms with Crippen molar-refractivity contribution < 1.29 is 24.2 Å². The van der Waals surface area contributed by atoms with Gasteiger partial charge in [-0.2, -0.15) is 4.68 Å². The predicted octanol–water partition coefficient (Wildman–Crippen LogP) is -0.990. The van der Waals surface area contributed by atoms with Crippen LogP contribution < -0.4 is 0 Å². The number of amides is 1. The number of aliphatic hydroxyl groups is 1. The summed E-state index contributed by atoms with van der Waals surface area (Å²) >= 11 is 0. The zero-order valence-electron chi connectivity index (χ0n) is 18.1. The summed E-state index contributed by atoms with van der Waals surface area (Å²) in [7, 11) is 0. The van der Waals surface area contributed by atoms with Gasteiger partial charge in [0, 0.05) is 26.2 Å². The van der Waals surface area contributed by atoms with Gasteiger partial charge in [-0.15, -0.1) is 5.10 Å². The molecular formula is C20H24N8O5. The zero-order chi connectivity index (χ0) is 23.0. The average Bonchev–Trinajstić information content (AvgIpc) is 3.48. The average molecular weight is 456 g/mol. The smallest absolute Gasteiger partial charge is 0.336 e. The van der Waals surface area contributed by atoms with Gasteiger partial charge in [0.15, 0.2) is 5.82 Å². The van der Waals surface area contributed by atoms with Gasteiger partial charge in [-0.25, -0.2) is 9.78 Å². The normalized spacial score (nSPS) is 22.2. The second-order valence-electron chi connectivity index (χ2n) is 8.32. The number of hydrogen-bond donors (Lipinski definition) is 1. The fourth-order valence-electron chi connectivity index (χ4n) is 4.43. The van der Waals surface area contributed by atoms with Gasteiger partial charge in [-0.05, 0) is 30.2 Å². The quantitative estimate of drug-likeness (QED) is 0.553. The molecule has 3 aliphatic heterocycles. The van der Waals surface area contributed by atoms with Gasteiger partial charge in [0.2, 0.25) is 0 Å². The largest absolute Gasteiger partial charge is 0.456 e. The Kier molecular flexibility index (Phi) is 5.60. The van der Waals surface area contributed by atoms with Gasteiger partial charge in [0.1, 0.15) is 24.6 Å². The lowest BCUT2D eigenvalue weighted by molar-refractivity contribution is -0.177. The SMILES string of the molecule is CC1=C(N2CCOC3(CCN(CC(O)c4cnc(-n5cnnn5)cn4)CC3)C2=O)COC1=O. The van der Waals surface area contributed by atoms with Crippen LogP contribution in [0.2, 0.25) is 0 Å². The molecule has 2 fully saturated rings. The molecular weight excluding hydrogens is 432 g/mol. The third-order valence-electron chi connectivity index (χ3n) is 6.41. The van der Waals surface area contributed by atoms with E-state index in [1.165, 1.54) is 23.4 Å². The Balaban J connectivity index is 1.20. The Morgan fingerprint density at radius 2 is 2.00 bits per heavy atom. The number of esters is 1. The Hall–Kier alpha value is -3.29. The summed E-state index contributed by atoms with van der Waals surface area (Å²) in [6, 6.07) is 0. The third-order valence-corrected chi connectivity index (χ3v) is 6.41. The number of cyclic esters (lactones) is 1. The monoisotopic (exact) mass is 456 g/mol. The fourth-order valence-corrected chi connectivity index (χ4v) is 4.43. The van der Waals surface area contributed by atoms with Crippen LogP contribution in [0.3, 0.4) is 0 Å². The van der Waals surface area contributed by atoms with E-state index in [1.807, 2.05) is 0 Å². The van der Waals surface area contributed by atoms with Crippen molar-refractivity contribution in [3.63, 3.8) is 0 Å². The molecule has 1 spiro atoms. The Morgan fingerprint density at radius 3 is 2.64 bits per heavy atom. The number of β-amino-alcohol motifs (C(OH)–C–C–N with tert-alkyl or cyclic N) is 1. The van der Waals surface area contributed by atoms with Crippen LogP contribution in [0.5, 0.6) is 0 Å². The van der Waals surface area contributed by atoms with Gasteiger partial charge < -0.3 is 24.4 Å². The van der Waals surface area contributed by atoms with E-state index < -0.39 is 11.7 Å². The van der Waals surface area contributed by atoms with Crippen LogP contribution in [0.15, 0.2) is 30.0 Å². The lowest BCUT2D eigenvalue weighted by Crippen LogP contribution is -2.60. The van der Waals surface area contributed by atoms with E-state index in [9.17, 15) is 14.7 Å². The number of tetrazole rings is 1. The molecule has 2 aromatic heterocycles. The molecule has 3 aliphatic rings. The third kappa shape index (κ3) is 3.98. The van der Waals surface area contributed by atoms with Gasteiger partial charge in [-0.1, -0.05) is 0 Å². The molecule has 1 N–H and O–H groups in total. The predicted molar refractivity (Wildman–Crippen MR) is 109 cm³/mol. The maximum Gasteiger partial charge on any atom is 0.336 e. The van der Waals surface area contributed by atoms with Crippen LogP contribution >= 0.6 is 0 Å². The number of nitrogens with zero attached hydrogens (tertiary/aromatic N) is 8. The number of rotatable bonds is 5. The molecule has 1 unspecified atom stereocenters. The minimum absolute atomic E-state index is 0.120. The summed E-state index contributed by atoms with van der Waals surface area (Å²) in [5.74, 6) is -0.0463. The minimum atomic E-state index is -0.911. The van der Waals surface area contributed by atoms with Crippen molar-refractivity contribution in [2.45, 2.75) is 31.5 Å². The molecule has 0 bridgehead atoms. The molecule has 2 saturated heterocycles. The molecule has 33 heavy (non-hydrogen) atoms. The number of ether oxygens (including phenoxy) is 2. The van der Waals surface area contributed by atoms with Crippen LogP contribution in [-0.2, 0) is 19.1 Å². The van der Waals surface area contributed by atoms with Crippen LogP contribution in [-0.4, -0.2) is 102 Å². The summed E-state index contributed by atoms with van der Waals surface area (Å²) in [4.78, 5) is 37.3. The molecule has 0 aliphatic carbocycles.